The zero-order valence-electron chi connectivity index (χ0n) is 13.8. The lowest BCUT2D eigenvalue weighted by Crippen LogP contribution is -2.54. The Kier molecular flexibility index (Phi) is 4.33. The lowest BCUT2D eigenvalue weighted by molar-refractivity contribution is 0.0885. The fourth-order valence-electron chi connectivity index (χ4n) is 3.37. The van der Waals surface area contributed by atoms with Gasteiger partial charge in [-0.15, -0.1) is 0 Å². The van der Waals surface area contributed by atoms with E-state index in [-0.39, 0.29) is 11.7 Å². The second kappa shape index (κ2) is 5.55. The highest BCUT2D eigenvalue weighted by Gasteiger charge is 2.45. The highest BCUT2D eigenvalue weighted by Crippen LogP contribution is 2.41. The average molecular weight is 281 g/mol. The Morgan fingerprint density at radius 3 is 2.40 bits per heavy atom. The second-order valence-electron chi connectivity index (χ2n) is 8.10. The molecule has 0 aromatic heterocycles. The fourth-order valence-corrected chi connectivity index (χ4v) is 3.37. The summed E-state index contributed by atoms with van der Waals surface area (Å²) in [4.78, 5) is 12.1. The molecule has 2 rings (SSSR count). The van der Waals surface area contributed by atoms with Crippen molar-refractivity contribution in [1.29, 1.82) is 0 Å². The predicted octanol–water partition coefficient (Wildman–Crippen LogP) is 3.49. The van der Waals surface area contributed by atoms with Crippen molar-refractivity contribution >= 4 is 6.03 Å². The van der Waals surface area contributed by atoms with E-state index in [0.717, 1.165) is 31.7 Å². The summed E-state index contributed by atoms with van der Waals surface area (Å²) >= 11 is 0. The van der Waals surface area contributed by atoms with Gasteiger partial charge in [0.2, 0.25) is 0 Å². The van der Waals surface area contributed by atoms with Crippen LogP contribution >= 0.6 is 0 Å². The minimum absolute atomic E-state index is 0.0554. The molecular weight excluding hydrogens is 250 g/mol. The summed E-state index contributed by atoms with van der Waals surface area (Å²) in [6.45, 7) is 12.2. The van der Waals surface area contributed by atoms with E-state index in [1.54, 1.807) is 5.01 Å². The Hall–Kier alpha value is -0.770. The molecule has 2 aliphatic rings. The Balaban J connectivity index is 1.90. The van der Waals surface area contributed by atoms with Gasteiger partial charge in [0.05, 0.1) is 0 Å². The van der Waals surface area contributed by atoms with E-state index in [0.29, 0.717) is 11.3 Å². The van der Waals surface area contributed by atoms with Gasteiger partial charge in [0.1, 0.15) is 5.66 Å². The molecule has 20 heavy (non-hydrogen) atoms. The molecule has 4 heteroatoms. The van der Waals surface area contributed by atoms with E-state index < -0.39 is 0 Å². The summed E-state index contributed by atoms with van der Waals surface area (Å²) in [6, 6.07) is 0.0554. The van der Waals surface area contributed by atoms with Crippen molar-refractivity contribution in [2.45, 2.75) is 72.4 Å². The van der Waals surface area contributed by atoms with Crippen LogP contribution in [0.3, 0.4) is 0 Å². The van der Waals surface area contributed by atoms with E-state index in [1.165, 1.54) is 12.8 Å². The predicted molar refractivity (Wildman–Crippen MR) is 82.0 cm³/mol. The fraction of sp³-hybridized carbons (Fsp3) is 0.938. The molecule has 0 bridgehead atoms. The maximum absolute atomic E-state index is 12.1. The first kappa shape index (κ1) is 15.6. The van der Waals surface area contributed by atoms with Gasteiger partial charge in [0, 0.05) is 6.54 Å². The number of hydrogen-bond acceptors (Lipinski definition) is 2. The first-order valence-electron chi connectivity index (χ1n) is 8.09. The highest BCUT2D eigenvalue weighted by atomic mass is 16.2. The van der Waals surface area contributed by atoms with Gasteiger partial charge in [-0.2, -0.15) is 0 Å². The average Bonchev–Trinajstić information content (AvgIpc) is 2.62. The van der Waals surface area contributed by atoms with Crippen LogP contribution in [0, 0.1) is 17.3 Å². The zero-order valence-corrected chi connectivity index (χ0v) is 13.8. The molecule has 4 nitrogen and oxygen atoms in total. The number of carbonyl (C=O) groups is 1. The molecule has 1 aliphatic carbocycles. The molecule has 1 saturated carbocycles. The smallest absolute Gasteiger partial charge is 0.317 e. The topological polar surface area (TPSA) is 44.4 Å². The van der Waals surface area contributed by atoms with Crippen molar-refractivity contribution in [3.63, 3.8) is 0 Å². The largest absolute Gasteiger partial charge is 0.333 e. The Labute approximate surface area is 123 Å². The summed E-state index contributed by atoms with van der Waals surface area (Å²) in [7, 11) is 0. The molecule has 0 aromatic rings. The summed E-state index contributed by atoms with van der Waals surface area (Å²) < 4.78 is 0. The van der Waals surface area contributed by atoms with Gasteiger partial charge < -0.3 is 5.32 Å². The minimum Gasteiger partial charge on any atom is -0.317 e. The molecule has 2 N–H and O–H groups in total. The van der Waals surface area contributed by atoms with Crippen LogP contribution in [-0.4, -0.2) is 23.2 Å². The lowest BCUT2D eigenvalue weighted by Gasteiger charge is -2.41. The number of carbonyl (C=O) groups excluding carboxylic acids is 1. The molecule has 0 radical (unpaired) electrons. The standard InChI is InChI=1S/C16H31N3O/c1-12(2)8-11-19-14(20)17-16(18-19)9-6-13(7-10-16)15(3,4)5/h12-13,18H,6-11H2,1-5H3,(H,17,20). The van der Waals surface area contributed by atoms with Crippen LogP contribution in [0.15, 0.2) is 0 Å². The first-order chi connectivity index (χ1) is 9.22. The SMILES string of the molecule is CC(C)CCN1NC2(CCC(C(C)(C)C)CC2)NC1=O. The molecule has 0 atom stereocenters. The lowest BCUT2D eigenvalue weighted by atomic mass is 9.70. The molecule has 1 spiro atoms. The highest BCUT2D eigenvalue weighted by molar-refractivity contribution is 5.76. The van der Waals surface area contributed by atoms with Crippen molar-refractivity contribution in [2.75, 3.05) is 6.54 Å². The van der Waals surface area contributed by atoms with Crippen LogP contribution in [0.4, 0.5) is 4.79 Å². The van der Waals surface area contributed by atoms with Gasteiger partial charge in [-0.3, -0.25) is 5.01 Å². The minimum atomic E-state index is -0.171. The van der Waals surface area contributed by atoms with Crippen molar-refractivity contribution in [3.8, 4) is 0 Å². The first-order valence-corrected chi connectivity index (χ1v) is 8.09. The molecule has 2 fully saturated rings. The van der Waals surface area contributed by atoms with Crippen LogP contribution in [0.25, 0.3) is 0 Å². The van der Waals surface area contributed by atoms with Gasteiger partial charge in [0.15, 0.2) is 0 Å². The van der Waals surface area contributed by atoms with Crippen LogP contribution in [0.5, 0.6) is 0 Å². The number of nitrogens with one attached hydrogen (secondary N) is 2. The van der Waals surface area contributed by atoms with E-state index in [2.05, 4.69) is 45.4 Å². The Morgan fingerprint density at radius 1 is 1.30 bits per heavy atom. The Bertz CT molecular complexity index is 351. The second-order valence-corrected chi connectivity index (χ2v) is 8.10. The van der Waals surface area contributed by atoms with Crippen LogP contribution in [0.1, 0.15) is 66.7 Å². The maximum Gasteiger partial charge on any atom is 0.333 e. The molecule has 2 amide bonds. The quantitative estimate of drug-likeness (QED) is 0.831. The van der Waals surface area contributed by atoms with Gasteiger partial charge in [-0.05, 0) is 49.4 Å². The monoisotopic (exact) mass is 281 g/mol. The van der Waals surface area contributed by atoms with Crippen LogP contribution in [0.2, 0.25) is 0 Å². The van der Waals surface area contributed by atoms with E-state index in [1.807, 2.05) is 0 Å². The summed E-state index contributed by atoms with van der Waals surface area (Å²) in [5, 5.41) is 4.98. The number of nitrogens with zero attached hydrogens (tertiary/aromatic N) is 1. The van der Waals surface area contributed by atoms with Crippen molar-refractivity contribution in [1.82, 2.24) is 15.8 Å². The van der Waals surface area contributed by atoms with Gasteiger partial charge in [-0.1, -0.05) is 34.6 Å². The maximum atomic E-state index is 12.1. The van der Waals surface area contributed by atoms with E-state index in [4.69, 9.17) is 0 Å². The molecule has 1 heterocycles. The third kappa shape index (κ3) is 3.46. The van der Waals surface area contributed by atoms with Crippen molar-refractivity contribution in [3.05, 3.63) is 0 Å². The molecule has 1 aliphatic heterocycles. The molecular formula is C16H31N3O. The van der Waals surface area contributed by atoms with Gasteiger partial charge >= 0.3 is 6.03 Å². The van der Waals surface area contributed by atoms with Gasteiger partial charge in [0.25, 0.3) is 0 Å². The molecule has 1 saturated heterocycles. The van der Waals surface area contributed by atoms with Crippen LogP contribution in [-0.2, 0) is 0 Å². The number of urea groups is 1. The molecule has 0 aromatic carbocycles. The summed E-state index contributed by atoms with van der Waals surface area (Å²) in [5.74, 6) is 1.38. The van der Waals surface area contributed by atoms with Crippen LogP contribution < -0.4 is 10.7 Å². The molecule has 0 unspecified atom stereocenters. The van der Waals surface area contributed by atoms with E-state index >= 15 is 0 Å². The summed E-state index contributed by atoms with van der Waals surface area (Å²) in [5.41, 5.74) is 3.66. The molecule has 116 valence electrons. The number of hydrazine groups is 1. The Morgan fingerprint density at radius 2 is 1.90 bits per heavy atom. The zero-order chi connectivity index (χ0) is 15.0. The summed E-state index contributed by atoms with van der Waals surface area (Å²) in [6.07, 6.45) is 5.50. The number of amides is 2. The van der Waals surface area contributed by atoms with Crippen molar-refractivity contribution < 1.29 is 4.79 Å². The normalized spacial score (nSPS) is 31.2. The number of hydrogen-bond donors (Lipinski definition) is 2. The number of rotatable bonds is 3. The van der Waals surface area contributed by atoms with E-state index in [9.17, 15) is 4.79 Å². The van der Waals surface area contributed by atoms with Gasteiger partial charge in [-0.25, -0.2) is 10.2 Å². The van der Waals surface area contributed by atoms with Crippen molar-refractivity contribution in [2.24, 2.45) is 17.3 Å². The third-order valence-electron chi connectivity index (χ3n) is 4.93. The third-order valence-corrected chi connectivity index (χ3v) is 4.93.